The second kappa shape index (κ2) is 4.81. The molecule has 2 unspecified atom stereocenters. The average Bonchev–Trinajstić information content (AvgIpc) is 2.40. The zero-order valence-electron chi connectivity index (χ0n) is 11.1. The number of hydrogen-bond donors (Lipinski definition) is 1. The van der Waals surface area contributed by atoms with Gasteiger partial charge in [0.15, 0.2) is 0 Å². The summed E-state index contributed by atoms with van der Waals surface area (Å²) in [5.74, 6) is 0.312. The van der Waals surface area contributed by atoms with Crippen molar-refractivity contribution in [3.63, 3.8) is 0 Å². The summed E-state index contributed by atoms with van der Waals surface area (Å²) in [5.41, 5.74) is 0.628. The maximum atomic E-state index is 10.9. The van der Waals surface area contributed by atoms with Crippen molar-refractivity contribution in [2.45, 2.75) is 45.6 Å². The molecule has 3 heteroatoms. The minimum absolute atomic E-state index is 0.218. The van der Waals surface area contributed by atoms with Crippen molar-refractivity contribution in [3.05, 3.63) is 33.3 Å². The van der Waals surface area contributed by atoms with Gasteiger partial charge in [-0.2, -0.15) is 0 Å². The van der Waals surface area contributed by atoms with Crippen LogP contribution in [0.1, 0.15) is 39.2 Å². The molecular formula is C15H20BrClO. The first kappa shape index (κ1) is 14.4. The number of hydrogen-bond acceptors (Lipinski definition) is 1. The van der Waals surface area contributed by atoms with Crippen molar-refractivity contribution in [2.24, 2.45) is 11.3 Å². The van der Waals surface area contributed by atoms with Crippen molar-refractivity contribution in [1.29, 1.82) is 0 Å². The standard InChI is InChI=1S/C15H20BrClO/c1-10-7-14(2,3)9-15(10,18)8-11-4-5-12(16)6-13(11)17/h4-6,10,18H,7-9H2,1-3H3. The fourth-order valence-electron chi connectivity index (χ4n) is 3.33. The lowest BCUT2D eigenvalue weighted by Gasteiger charge is -2.29. The highest BCUT2D eigenvalue weighted by Gasteiger charge is 2.47. The van der Waals surface area contributed by atoms with Gasteiger partial charge in [0.25, 0.3) is 0 Å². The molecule has 0 bridgehead atoms. The van der Waals surface area contributed by atoms with Crippen LogP contribution in [0.4, 0.5) is 0 Å². The van der Waals surface area contributed by atoms with Gasteiger partial charge in [-0.25, -0.2) is 0 Å². The molecule has 0 amide bonds. The van der Waals surface area contributed by atoms with Gasteiger partial charge in [0, 0.05) is 15.9 Å². The third-order valence-corrected chi connectivity index (χ3v) is 4.92. The normalized spacial score (nSPS) is 30.7. The first-order chi connectivity index (χ1) is 8.22. The molecule has 2 rings (SSSR count). The minimum Gasteiger partial charge on any atom is -0.389 e. The smallest absolute Gasteiger partial charge is 0.0719 e. The van der Waals surface area contributed by atoms with E-state index in [0.717, 1.165) is 27.9 Å². The number of aliphatic hydroxyl groups is 1. The SMILES string of the molecule is CC1CC(C)(C)CC1(O)Cc1ccc(Br)cc1Cl. The van der Waals surface area contributed by atoms with Gasteiger partial charge in [-0.1, -0.05) is 54.4 Å². The summed E-state index contributed by atoms with van der Waals surface area (Å²) in [5, 5.41) is 11.6. The summed E-state index contributed by atoms with van der Waals surface area (Å²) in [6, 6.07) is 5.88. The third-order valence-electron chi connectivity index (χ3n) is 4.07. The molecule has 1 fully saturated rings. The maximum absolute atomic E-state index is 10.9. The molecule has 1 aromatic carbocycles. The molecule has 1 aromatic rings. The van der Waals surface area contributed by atoms with Gasteiger partial charge < -0.3 is 5.11 Å². The van der Waals surface area contributed by atoms with E-state index in [1.54, 1.807) is 0 Å². The molecule has 0 aliphatic heterocycles. The van der Waals surface area contributed by atoms with Gasteiger partial charge in [-0.15, -0.1) is 0 Å². The van der Waals surface area contributed by atoms with Crippen LogP contribution in [0.15, 0.2) is 22.7 Å². The van der Waals surface area contributed by atoms with E-state index in [2.05, 4.69) is 36.7 Å². The van der Waals surface area contributed by atoms with Crippen LogP contribution in [-0.2, 0) is 6.42 Å². The van der Waals surface area contributed by atoms with Gasteiger partial charge in [-0.3, -0.25) is 0 Å². The molecule has 0 radical (unpaired) electrons. The lowest BCUT2D eigenvalue weighted by molar-refractivity contribution is 0.00447. The summed E-state index contributed by atoms with van der Waals surface area (Å²) in [6.07, 6.45) is 2.55. The van der Waals surface area contributed by atoms with Crippen molar-refractivity contribution in [2.75, 3.05) is 0 Å². The Balaban J connectivity index is 2.23. The highest BCUT2D eigenvalue weighted by atomic mass is 79.9. The van der Waals surface area contributed by atoms with E-state index in [9.17, 15) is 5.11 Å². The lowest BCUT2D eigenvalue weighted by Crippen LogP contribution is -2.34. The lowest BCUT2D eigenvalue weighted by atomic mass is 9.84. The predicted octanol–water partition coefficient (Wildman–Crippen LogP) is 4.83. The van der Waals surface area contributed by atoms with Crippen LogP contribution in [0, 0.1) is 11.3 Å². The van der Waals surface area contributed by atoms with E-state index in [-0.39, 0.29) is 5.41 Å². The number of halogens is 2. The molecule has 0 heterocycles. The van der Waals surface area contributed by atoms with E-state index < -0.39 is 5.60 Å². The van der Waals surface area contributed by atoms with E-state index in [0.29, 0.717) is 12.3 Å². The number of rotatable bonds is 2. The molecule has 100 valence electrons. The van der Waals surface area contributed by atoms with Crippen molar-refractivity contribution in [3.8, 4) is 0 Å². The first-order valence-electron chi connectivity index (χ1n) is 6.38. The van der Waals surface area contributed by atoms with Crippen LogP contribution in [0.3, 0.4) is 0 Å². The largest absolute Gasteiger partial charge is 0.389 e. The Morgan fingerprint density at radius 1 is 1.44 bits per heavy atom. The Bertz CT molecular complexity index is 458. The molecule has 18 heavy (non-hydrogen) atoms. The van der Waals surface area contributed by atoms with Crippen LogP contribution in [0.5, 0.6) is 0 Å². The second-order valence-electron chi connectivity index (χ2n) is 6.46. The predicted molar refractivity (Wildman–Crippen MR) is 80.0 cm³/mol. The van der Waals surface area contributed by atoms with Crippen LogP contribution >= 0.6 is 27.5 Å². The highest BCUT2D eigenvalue weighted by Crippen LogP contribution is 2.49. The van der Waals surface area contributed by atoms with Crippen molar-refractivity contribution < 1.29 is 5.11 Å². The van der Waals surface area contributed by atoms with Crippen LogP contribution in [0.25, 0.3) is 0 Å². The Kier molecular flexibility index (Phi) is 3.84. The van der Waals surface area contributed by atoms with E-state index in [1.165, 1.54) is 0 Å². The van der Waals surface area contributed by atoms with Crippen molar-refractivity contribution >= 4 is 27.5 Å². The second-order valence-corrected chi connectivity index (χ2v) is 7.79. The van der Waals surface area contributed by atoms with E-state index in [1.807, 2.05) is 18.2 Å². The molecule has 1 nitrogen and oxygen atoms in total. The molecule has 0 saturated heterocycles. The summed E-state index contributed by atoms with van der Waals surface area (Å²) in [6.45, 7) is 6.59. The summed E-state index contributed by atoms with van der Waals surface area (Å²) in [7, 11) is 0. The van der Waals surface area contributed by atoms with Gasteiger partial charge in [0.2, 0.25) is 0 Å². The molecule has 1 saturated carbocycles. The van der Waals surface area contributed by atoms with E-state index >= 15 is 0 Å². The average molecular weight is 332 g/mol. The Labute approximate surface area is 123 Å². The molecule has 1 aliphatic carbocycles. The molecule has 1 aliphatic rings. The first-order valence-corrected chi connectivity index (χ1v) is 7.55. The van der Waals surface area contributed by atoms with Crippen LogP contribution in [-0.4, -0.2) is 10.7 Å². The van der Waals surface area contributed by atoms with Crippen molar-refractivity contribution in [1.82, 2.24) is 0 Å². The Hall–Kier alpha value is -0.0500. The highest BCUT2D eigenvalue weighted by molar-refractivity contribution is 9.10. The van der Waals surface area contributed by atoms with Crippen LogP contribution in [0.2, 0.25) is 5.02 Å². The zero-order chi connectivity index (χ0) is 13.6. The van der Waals surface area contributed by atoms with Gasteiger partial charge in [-0.05, 0) is 41.9 Å². The quantitative estimate of drug-likeness (QED) is 0.822. The maximum Gasteiger partial charge on any atom is 0.0719 e. The third kappa shape index (κ3) is 2.92. The minimum atomic E-state index is -0.624. The fourth-order valence-corrected chi connectivity index (χ4v) is 4.07. The van der Waals surface area contributed by atoms with Crippen LogP contribution < -0.4 is 0 Å². The summed E-state index contributed by atoms with van der Waals surface area (Å²) < 4.78 is 0.975. The Morgan fingerprint density at radius 2 is 2.11 bits per heavy atom. The van der Waals surface area contributed by atoms with Gasteiger partial charge >= 0.3 is 0 Å². The zero-order valence-corrected chi connectivity index (χ0v) is 13.5. The summed E-state index contributed by atoms with van der Waals surface area (Å²) in [4.78, 5) is 0. The molecule has 0 spiro atoms. The fraction of sp³-hybridized carbons (Fsp3) is 0.600. The summed E-state index contributed by atoms with van der Waals surface area (Å²) >= 11 is 9.65. The topological polar surface area (TPSA) is 20.2 Å². The molecular weight excluding hydrogens is 312 g/mol. The molecule has 2 atom stereocenters. The monoisotopic (exact) mass is 330 g/mol. The molecule has 1 N–H and O–H groups in total. The van der Waals surface area contributed by atoms with Gasteiger partial charge in [0.05, 0.1) is 5.60 Å². The van der Waals surface area contributed by atoms with Gasteiger partial charge in [0.1, 0.15) is 0 Å². The molecule has 0 aromatic heterocycles. The number of benzene rings is 1. The van der Waals surface area contributed by atoms with E-state index in [4.69, 9.17) is 11.6 Å². The Morgan fingerprint density at radius 3 is 2.61 bits per heavy atom.